The van der Waals surface area contributed by atoms with Crippen LogP contribution in [0, 0.1) is 6.92 Å². The second-order valence-corrected chi connectivity index (χ2v) is 10.2. The molecule has 0 atom stereocenters. The quantitative estimate of drug-likeness (QED) is 0.457. The van der Waals surface area contributed by atoms with Gasteiger partial charge in [-0.25, -0.2) is 9.97 Å². The van der Waals surface area contributed by atoms with Crippen LogP contribution in [0.15, 0.2) is 60.8 Å². The number of nitrogens with zero attached hydrogens (tertiary/aromatic N) is 6. The first kappa shape index (κ1) is 24.3. The predicted molar refractivity (Wildman–Crippen MR) is 140 cm³/mol. The summed E-state index contributed by atoms with van der Waals surface area (Å²) in [6.45, 7) is 9.04. The summed E-state index contributed by atoms with van der Waals surface area (Å²) in [5, 5.41) is 11.6. The van der Waals surface area contributed by atoms with Gasteiger partial charge < -0.3 is 4.90 Å². The first-order chi connectivity index (χ1) is 17.7. The Morgan fingerprint density at radius 1 is 0.973 bits per heavy atom. The van der Waals surface area contributed by atoms with Crippen LogP contribution in [0.4, 0.5) is 5.95 Å². The number of nitrogens with one attached hydrogen (secondary N) is 1. The van der Waals surface area contributed by atoms with Gasteiger partial charge in [0.1, 0.15) is 0 Å². The Labute approximate surface area is 215 Å². The van der Waals surface area contributed by atoms with Crippen molar-refractivity contribution in [1.29, 1.82) is 0 Å². The average molecular weight is 496 g/mol. The monoisotopic (exact) mass is 495 g/mol. The third kappa shape index (κ3) is 5.11. The molecule has 0 saturated heterocycles. The van der Waals surface area contributed by atoms with Crippen LogP contribution >= 0.6 is 0 Å². The summed E-state index contributed by atoms with van der Waals surface area (Å²) in [7, 11) is 0. The molecule has 2 amide bonds. The molecule has 0 aliphatic carbocycles. The number of fused-ring (bicyclic) bond motifs is 1. The number of aryl methyl sites for hydroxylation is 1. The van der Waals surface area contributed by atoms with Crippen molar-refractivity contribution in [2.75, 3.05) is 11.9 Å². The van der Waals surface area contributed by atoms with Crippen molar-refractivity contribution in [2.24, 2.45) is 0 Å². The molecule has 0 fully saturated rings. The largest absolute Gasteiger partial charge is 0.332 e. The summed E-state index contributed by atoms with van der Waals surface area (Å²) in [6, 6.07) is 17.1. The van der Waals surface area contributed by atoms with Crippen LogP contribution in [-0.2, 0) is 18.4 Å². The standard InChI is InChI=1S/C28H29N7O2/c1-18-24(33-35(32-18)22-8-6-5-7-9-22)26(37)34-15-14-23-20(17-34)16-29-27(30-23)31-25(36)19-10-12-21(13-11-19)28(2,3)4/h5-13,16H,14-15,17H2,1-4H3,(H,29,30,31,36). The number of carbonyl (C=O) groups is 2. The van der Waals surface area contributed by atoms with Crippen LogP contribution in [-0.4, -0.2) is 48.2 Å². The van der Waals surface area contributed by atoms with Gasteiger partial charge in [0, 0.05) is 36.8 Å². The molecule has 3 heterocycles. The lowest BCUT2D eigenvalue weighted by molar-refractivity contribution is 0.0726. The molecule has 2 aromatic carbocycles. The summed E-state index contributed by atoms with van der Waals surface area (Å²) < 4.78 is 0. The first-order valence-electron chi connectivity index (χ1n) is 12.2. The van der Waals surface area contributed by atoms with Crippen molar-refractivity contribution < 1.29 is 9.59 Å². The third-order valence-corrected chi connectivity index (χ3v) is 6.43. The van der Waals surface area contributed by atoms with E-state index >= 15 is 0 Å². The van der Waals surface area contributed by atoms with E-state index in [2.05, 4.69) is 46.3 Å². The molecule has 0 bridgehead atoms. The summed E-state index contributed by atoms with van der Waals surface area (Å²) in [4.78, 5) is 38.1. The Hall–Kier alpha value is -4.40. The lowest BCUT2D eigenvalue weighted by atomic mass is 9.87. The molecular weight excluding hydrogens is 466 g/mol. The summed E-state index contributed by atoms with van der Waals surface area (Å²) in [6.07, 6.45) is 2.23. The lowest BCUT2D eigenvalue weighted by Gasteiger charge is -2.27. The highest BCUT2D eigenvalue weighted by Gasteiger charge is 2.27. The van der Waals surface area contributed by atoms with E-state index in [0.717, 1.165) is 22.5 Å². The Balaban J connectivity index is 1.26. The number of carbonyl (C=O) groups excluding carboxylic acids is 2. The van der Waals surface area contributed by atoms with E-state index in [-0.39, 0.29) is 23.2 Å². The normalized spacial score (nSPS) is 13.2. The Bertz CT molecular complexity index is 1450. The number of rotatable bonds is 4. The topological polar surface area (TPSA) is 106 Å². The van der Waals surface area contributed by atoms with E-state index < -0.39 is 0 Å². The molecule has 0 unspecified atom stereocenters. The highest BCUT2D eigenvalue weighted by molar-refractivity contribution is 6.03. The van der Waals surface area contributed by atoms with Crippen LogP contribution in [0.5, 0.6) is 0 Å². The zero-order valence-electron chi connectivity index (χ0n) is 21.4. The Morgan fingerprint density at radius 3 is 2.41 bits per heavy atom. The number of benzene rings is 2. The fourth-order valence-corrected chi connectivity index (χ4v) is 4.25. The van der Waals surface area contributed by atoms with Crippen molar-refractivity contribution in [3.8, 4) is 5.69 Å². The van der Waals surface area contributed by atoms with Gasteiger partial charge in [0.2, 0.25) is 5.95 Å². The molecule has 0 saturated carbocycles. The SMILES string of the molecule is Cc1nn(-c2ccccc2)nc1C(=O)N1CCc2nc(NC(=O)c3ccc(C(C)(C)C)cc3)ncc2C1. The molecule has 1 aliphatic heterocycles. The van der Waals surface area contributed by atoms with Gasteiger partial charge in [-0.05, 0) is 42.2 Å². The zero-order chi connectivity index (χ0) is 26.2. The number of aromatic nitrogens is 5. The number of para-hydroxylation sites is 1. The van der Waals surface area contributed by atoms with E-state index in [1.54, 1.807) is 18.0 Å². The summed E-state index contributed by atoms with van der Waals surface area (Å²) in [5.74, 6) is -0.184. The van der Waals surface area contributed by atoms with Gasteiger partial charge in [0.15, 0.2) is 5.69 Å². The molecule has 188 valence electrons. The maximum absolute atomic E-state index is 13.2. The molecule has 37 heavy (non-hydrogen) atoms. The van der Waals surface area contributed by atoms with E-state index in [1.165, 1.54) is 4.80 Å². The van der Waals surface area contributed by atoms with Gasteiger partial charge in [0.05, 0.1) is 17.1 Å². The fourth-order valence-electron chi connectivity index (χ4n) is 4.25. The van der Waals surface area contributed by atoms with E-state index in [0.29, 0.717) is 36.5 Å². The van der Waals surface area contributed by atoms with Crippen molar-refractivity contribution >= 4 is 17.8 Å². The molecule has 4 aromatic rings. The molecule has 5 rings (SSSR count). The second kappa shape index (κ2) is 9.57. The van der Waals surface area contributed by atoms with Crippen molar-refractivity contribution in [3.05, 3.63) is 94.6 Å². The molecule has 0 spiro atoms. The minimum Gasteiger partial charge on any atom is -0.332 e. The number of hydrogen-bond acceptors (Lipinski definition) is 6. The van der Waals surface area contributed by atoms with Crippen LogP contribution < -0.4 is 5.32 Å². The van der Waals surface area contributed by atoms with Crippen molar-refractivity contribution in [2.45, 2.75) is 46.1 Å². The van der Waals surface area contributed by atoms with E-state index in [4.69, 9.17) is 0 Å². The van der Waals surface area contributed by atoms with Crippen LogP contribution in [0.2, 0.25) is 0 Å². The van der Waals surface area contributed by atoms with Gasteiger partial charge in [-0.2, -0.15) is 9.90 Å². The van der Waals surface area contributed by atoms with Gasteiger partial charge in [-0.15, -0.1) is 5.10 Å². The number of hydrogen-bond donors (Lipinski definition) is 1. The lowest BCUT2D eigenvalue weighted by Crippen LogP contribution is -2.37. The summed E-state index contributed by atoms with van der Waals surface area (Å²) >= 11 is 0. The van der Waals surface area contributed by atoms with Gasteiger partial charge in [-0.3, -0.25) is 14.9 Å². The molecule has 9 heteroatoms. The molecule has 2 aromatic heterocycles. The Morgan fingerprint density at radius 2 is 1.70 bits per heavy atom. The van der Waals surface area contributed by atoms with Gasteiger partial charge in [0.25, 0.3) is 11.8 Å². The highest BCUT2D eigenvalue weighted by atomic mass is 16.2. The second-order valence-electron chi connectivity index (χ2n) is 10.2. The Kier molecular flexibility index (Phi) is 6.29. The number of amides is 2. The van der Waals surface area contributed by atoms with Crippen LogP contribution in [0.25, 0.3) is 5.69 Å². The average Bonchev–Trinajstić information content (AvgIpc) is 3.29. The fraction of sp³-hybridized carbons (Fsp3) is 0.286. The minimum atomic E-state index is -0.259. The smallest absolute Gasteiger partial charge is 0.276 e. The van der Waals surface area contributed by atoms with E-state index in [9.17, 15) is 9.59 Å². The van der Waals surface area contributed by atoms with Crippen molar-refractivity contribution in [3.63, 3.8) is 0 Å². The summed E-state index contributed by atoms with van der Waals surface area (Å²) in [5.41, 5.74) is 5.09. The van der Waals surface area contributed by atoms with Gasteiger partial charge >= 0.3 is 0 Å². The molecular formula is C28H29N7O2. The van der Waals surface area contributed by atoms with Gasteiger partial charge in [-0.1, -0.05) is 51.1 Å². The molecule has 1 aliphatic rings. The van der Waals surface area contributed by atoms with Crippen molar-refractivity contribution in [1.82, 2.24) is 29.9 Å². The third-order valence-electron chi connectivity index (χ3n) is 6.43. The maximum Gasteiger partial charge on any atom is 0.276 e. The molecule has 0 radical (unpaired) electrons. The molecule has 9 nitrogen and oxygen atoms in total. The van der Waals surface area contributed by atoms with Crippen LogP contribution in [0.1, 0.15) is 64.1 Å². The minimum absolute atomic E-state index is 0.0169. The van der Waals surface area contributed by atoms with Crippen LogP contribution in [0.3, 0.4) is 0 Å². The zero-order valence-corrected chi connectivity index (χ0v) is 21.4. The highest BCUT2D eigenvalue weighted by Crippen LogP contribution is 2.23. The maximum atomic E-state index is 13.2. The van der Waals surface area contributed by atoms with E-state index in [1.807, 2.05) is 54.6 Å². The first-order valence-corrected chi connectivity index (χ1v) is 12.2. The molecule has 1 N–H and O–H groups in total. The number of anilines is 1. The predicted octanol–water partition coefficient (Wildman–Crippen LogP) is 4.11.